The molecule has 0 unspecified atom stereocenters. The molecule has 0 aliphatic carbocycles. The SMILES string of the molecule is CCc1ccc2c(c1NCc1ccc(F)cc1)CCNCC2. The Morgan fingerprint density at radius 1 is 1.05 bits per heavy atom. The molecule has 1 aliphatic heterocycles. The summed E-state index contributed by atoms with van der Waals surface area (Å²) >= 11 is 0. The fraction of sp³-hybridized carbons (Fsp3) is 0.368. The summed E-state index contributed by atoms with van der Waals surface area (Å²) in [5.41, 5.74) is 6.65. The van der Waals surface area contributed by atoms with Gasteiger partial charge in [-0.3, -0.25) is 0 Å². The van der Waals surface area contributed by atoms with Crippen molar-refractivity contribution in [1.82, 2.24) is 5.32 Å². The largest absolute Gasteiger partial charge is 0.381 e. The normalized spacial score (nSPS) is 14.3. The topological polar surface area (TPSA) is 24.1 Å². The Kier molecular flexibility index (Phi) is 4.74. The number of rotatable bonds is 4. The highest BCUT2D eigenvalue weighted by atomic mass is 19.1. The molecular weight excluding hydrogens is 275 g/mol. The number of hydrogen-bond donors (Lipinski definition) is 2. The highest BCUT2D eigenvalue weighted by molar-refractivity contribution is 5.61. The monoisotopic (exact) mass is 298 g/mol. The third kappa shape index (κ3) is 3.30. The fourth-order valence-electron chi connectivity index (χ4n) is 3.13. The molecule has 22 heavy (non-hydrogen) atoms. The van der Waals surface area contributed by atoms with Gasteiger partial charge in [0.15, 0.2) is 0 Å². The van der Waals surface area contributed by atoms with Crippen molar-refractivity contribution < 1.29 is 4.39 Å². The van der Waals surface area contributed by atoms with Crippen LogP contribution in [-0.2, 0) is 25.8 Å². The first-order valence-corrected chi connectivity index (χ1v) is 8.10. The maximum Gasteiger partial charge on any atom is 0.123 e. The molecule has 0 saturated heterocycles. The van der Waals surface area contributed by atoms with Crippen LogP contribution in [0.4, 0.5) is 10.1 Å². The zero-order chi connectivity index (χ0) is 15.4. The molecule has 2 nitrogen and oxygen atoms in total. The molecule has 0 aromatic heterocycles. The average Bonchev–Trinajstić information content (AvgIpc) is 2.79. The molecule has 3 heteroatoms. The number of benzene rings is 2. The first-order valence-electron chi connectivity index (χ1n) is 8.10. The molecule has 0 radical (unpaired) electrons. The minimum atomic E-state index is -0.183. The zero-order valence-corrected chi connectivity index (χ0v) is 13.1. The predicted octanol–water partition coefficient (Wildman–Crippen LogP) is 3.69. The Bertz CT molecular complexity index is 635. The van der Waals surface area contributed by atoms with Gasteiger partial charge in [0.25, 0.3) is 0 Å². The van der Waals surface area contributed by atoms with Gasteiger partial charge in [0.05, 0.1) is 0 Å². The Morgan fingerprint density at radius 3 is 2.59 bits per heavy atom. The van der Waals surface area contributed by atoms with E-state index >= 15 is 0 Å². The van der Waals surface area contributed by atoms with Crippen LogP contribution < -0.4 is 10.6 Å². The van der Waals surface area contributed by atoms with Gasteiger partial charge in [-0.25, -0.2) is 4.39 Å². The molecular formula is C19H23FN2. The summed E-state index contributed by atoms with van der Waals surface area (Å²) < 4.78 is 13.0. The van der Waals surface area contributed by atoms with Crippen LogP contribution in [0.15, 0.2) is 36.4 Å². The van der Waals surface area contributed by atoms with Crippen molar-refractivity contribution in [3.8, 4) is 0 Å². The number of hydrogen-bond acceptors (Lipinski definition) is 2. The summed E-state index contributed by atoms with van der Waals surface area (Å²) in [4.78, 5) is 0. The minimum Gasteiger partial charge on any atom is -0.381 e. The summed E-state index contributed by atoms with van der Waals surface area (Å²) in [5, 5.41) is 7.08. The van der Waals surface area contributed by atoms with Gasteiger partial charge >= 0.3 is 0 Å². The van der Waals surface area contributed by atoms with Gasteiger partial charge in [-0.2, -0.15) is 0 Å². The lowest BCUT2D eigenvalue weighted by atomic mass is 9.95. The number of halogens is 1. The number of aryl methyl sites for hydroxylation is 1. The Balaban J connectivity index is 1.86. The third-order valence-electron chi connectivity index (χ3n) is 4.38. The van der Waals surface area contributed by atoms with Gasteiger partial charge in [0.2, 0.25) is 0 Å². The molecule has 3 rings (SSSR count). The summed E-state index contributed by atoms with van der Waals surface area (Å²) in [6.45, 7) is 5.01. The van der Waals surface area contributed by atoms with Crippen molar-refractivity contribution in [2.75, 3.05) is 18.4 Å². The van der Waals surface area contributed by atoms with Crippen LogP contribution in [0.25, 0.3) is 0 Å². The first-order chi connectivity index (χ1) is 10.8. The molecule has 0 bridgehead atoms. The number of nitrogens with one attached hydrogen (secondary N) is 2. The van der Waals surface area contributed by atoms with E-state index in [4.69, 9.17) is 0 Å². The van der Waals surface area contributed by atoms with Crippen molar-refractivity contribution in [2.24, 2.45) is 0 Å². The van der Waals surface area contributed by atoms with Gasteiger partial charge in [0.1, 0.15) is 5.82 Å². The zero-order valence-electron chi connectivity index (χ0n) is 13.1. The van der Waals surface area contributed by atoms with E-state index in [0.717, 1.165) is 44.5 Å². The number of anilines is 1. The van der Waals surface area contributed by atoms with Gasteiger partial charge in [0, 0.05) is 12.2 Å². The highest BCUT2D eigenvalue weighted by Crippen LogP contribution is 2.28. The van der Waals surface area contributed by atoms with Crippen molar-refractivity contribution in [2.45, 2.75) is 32.7 Å². The molecule has 0 atom stereocenters. The lowest BCUT2D eigenvalue weighted by molar-refractivity contribution is 0.627. The molecule has 2 aromatic rings. The Hall–Kier alpha value is -1.87. The minimum absolute atomic E-state index is 0.183. The molecule has 0 spiro atoms. The second-order valence-electron chi connectivity index (χ2n) is 5.82. The third-order valence-corrected chi connectivity index (χ3v) is 4.38. The maximum atomic E-state index is 13.0. The summed E-state index contributed by atoms with van der Waals surface area (Å²) in [6, 6.07) is 11.3. The molecule has 0 saturated carbocycles. The van der Waals surface area contributed by atoms with E-state index in [-0.39, 0.29) is 5.82 Å². The number of fused-ring (bicyclic) bond motifs is 1. The van der Waals surface area contributed by atoms with Crippen molar-refractivity contribution in [1.29, 1.82) is 0 Å². The van der Waals surface area contributed by atoms with Crippen molar-refractivity contribution >= 4 is 5.69 Å². The average molecular weight is 298 g/mol. The van der Waals surface area contributed by atoms with Crippen LogP contribution in [0.3, 0.4) is 0 Å². The van der Waals surface area contributed by atoms with Gasteiger partial charge in [-0.05, 0) is 66.7 Å². The van der Waals surface area contributed by atoms with Crippen LogP contribution in [0, 0.1) is 5.82 Å². The molecule has 2 N–H and O–H groups in total. The Labute approximate surface area is 131 Å². The quantitative estimate of drug-likeness (QED) is 0.899. The molecule has 1 aliphatic rings. The lowest BCUT2D eigenvalue weighted by Crippen LogP contribution is -2.16. The van der Waals surface area contributed by atoms with Gasteiger partial charge < -0.3 is 10.6 Å². The summed E-state index contributed by atoms with van der Waals surface area (Å²) in [6.07, 6.45) is 3.17. The Morgan fingerprint density at radius 2 is 1.82 bits per heavy atom. The van der Waals surface area contributed by atoms with E-state index in [1.807, 2.05) is 12.1 Å². The summed E-state index contributed by atoms with van der Waals surface area (Å²) in [5.74, 6) is -0.183. The fourth-order valence-corrected chi connectivity index (χ4v) is 3.13. The van der Waals surface area contributed by atoms with E-state index in [1.54, 1.807) is 0 Å². The second-order valence-corrected chi connectivity index (χ2v) is 5.82. The lowest BCUT2D eigenvalue weighted by Gasteiger charge is -2.18. The first kappa shape index (κ1) is 15.0. The van der Waals surface area contributed by atoms with Crippen LogP contribution in [0.2, 0.25) is 0 Å². The van der Waals surface area contributed by atoms with Crippen molar-refractivity contribution in [3.05, 3.63) is 64.5 Å². The van der Waals surface area contributed by atoms with Crippen molar-refractivity contribution in [3.63, 3.8) is 0 Å². The maximum absolute atomic E-state index is 13.0. The molecule has 1 heterocycles. The van der Waals surface area contributed by atoms with Gasteiger partial charge in [-0.15, -0.1) is 0 Å². The smallest absolute Gasteiger partial charge is 0.123 e. The predicted molar refractivity (Wildman–Crippen MR) is 89.8 cm³/mol. The van der Waals surface area contributed by atoms with E-state index in [1.165, 1.54) is 34.5 Å². The van der Waals surface area contributed by atoms with E-state index < -0.39 is 0 Å². The molecule has 2 aromatic carbocycles. The van der Waals surface area contributed by atoms with Crippen LogP contribution in [-0.4, -0.2) is 13.1 Å². The van der Waals surface area contributed by atoms with Crippen LogP contribution in [0.1, 0.15) is 29.2 Å². The van der Waals surface area contributed by atoms with Gasteiger partial charge in [-0.1, -0.05) is 31.2 Å². The molecule has 116 valence electrons. The van der Waals surface area contributed by atoms with E-state index in [2.05, 4.69) is 29.7 Å². The van der Waals surface area contributed by atoms with Crippen LogP contribution in [0.5, 0.6) is 0 Å². The second kappa shape index (κ2) is 6.93. The highest BCUT2D eigenvalue weighted by Gasteiger charge is 2.14. The standard InChI is InChI=1S/C19H23FN2/c1-2-15-5-6-16-9-11-21-12-10-18(16)19(15)22-13-14-3-7-17(20)8-4-14/h3-8,21-22H,2,9-13H2,1H3. The molecule has 0 fully saturated rings. The van der Waals surface area contributed by atoms with Crippen LogP contribution >= 0.6 is 0 Å². The van der Waals surface area contributed by atoms with E-state index in [0.29, 0.717) is 0 Å². The van der Waals surface area contributed by atoms with E-state index in [9.17, 15) is 4.39 Å². The molecule has 0 amide bonds. The summed E-state index contributed by atoms with van der Waals surface area (Å²) in [7, 11) is 0.